The number of hydrogen-bond donors (Lipinski definition) is 1. The number of nitrogens with zero attached hydrogens (tertiary/aromatic N) is 1. The summed E-state index contributed by atoms with van der Waals surface area (Å²) in [7, 11) is 0. The fourth-order valence-corrected chi connectivity index (χ4v) is 3.13. The van der Waals surface area contributed by atoms with Crippen LogP contribution in [0.5, 0.6) is 0 Å². The van der Waals surface area contributed by atoms with Crippen molar-refractivity contribution in [3.05, 3.63) is 20.3 Å². The molecule has 1 heterocycles. The molecule has 7 heteroatoms. The van der Waals surface area contributed by atoms with Crippen molar-refractivity contribution in [3.63, 3.8) is 0 Å². The molecule has 106 valence electrons. The monoisotopic (exact) mass is 322 g/mol. The Hall–Kier alpha value is -0.620. The van der Waals surface area contributed by atoms with Crippen molar-refractivity contribution in [2.45, 2.75) is 19.8 Å². The molecule has 19 heavy (non-hydrogen) atoms. The van der Waals surface area contributed by atoms with Crippen LogP contribution in [0.15, 0.2) is 6.07 Å². The van der Waals surface area contributed by atoms with Crippen molar-refractivity contribution in [1.82, 2.24) is 4.90 Å². The van der Waals surface area contributed by atoms with Crippen molar-refractivity contribution in [2.75, 3.05) is 19.6 Å². The second-order valence-electron chi connectivity index (χ2n) is 4.19. The second-order valence-corrected chi connectivity index (χ2v) is 6.48. The van der Waals surface area contributed by atoms with Gasteiger partial charge >= 0.3 is 0 Å². The smallest absolute Gasteiger partial charge is 0.231 e. The molecular weight excluding hydrogens is 307 g/mol. The molecule has 0 aliphatic carbocycles. The maximum atomic E-state index is 12.1. The predicted octanol–water partition coefficient (Wildman–Crippen LogP) is 2.83. The number of halogens is 2. The fourth-order valence-electron chi connectivity index (χ4n) is 1.63. The van der Waals surface area contributed by atoms with Crippen molar-refractivity contribution < 1.29 is 9.59 Å². The number of carbonyl (C=O) groups excluding carboxylic acids is 2. The van der Waals surface area contributed by atoms with Crippen LogP contribution in [0.2, 0.25) is 8.67 Å². The molecule has 4 nitrogen and oxygen atoms in total. The number of ketones is 1. The minimum absolute atomic E-state index is 0.0707. The third kappa shape index (κ3) is 5.48. The average molecular weight is 323 g/mol. The van der Waals surface area contributed by atoms with E-state index >= 15 is 0 Å². The highest BCUT2D eigenvalue weighted by Gasteiger charge is 2.18. The zero-order chi connectivity index (χ0) is 14.4. The van der Waals surface area contributed by atoms with E-state index < -0.39 is 5.91 Å². The molecule has 0 fully saturated rings. The minimum atomic E-state index is -0.446. The van der Waals surface area contributed by atoms with Crippen LogP contribution in [0.4, 0.5) is 0 Å². The summed E-state index contributed by atoms with van der Waals surface area (Å²) in [4.78, 5) is 24.8. The number of rotatable bonds is 8. The van der Waals surface area contributed by atoms with Gasteiger partial charge < -0.3 is 5.73 Å². The molecule has 0 aliphatic rings. The Kier molecular flexibility index (Phi) is 6.79. The van der Waals surface area contributed by atoms with E-state index in [1.165, 1.54) is 0 Å². The van der Waals surface area contributed by atoms with Gasteiger partial charge in [-0.05, 0) is 19.0 Å². The molecule has 0 spiro atoms. The van der Waals surface area contributed by atoms with Crippen LogP contribution in [-0.4, -0.2) is 36.2 Å². The minimum Gasteiger partial charge on any atom is -0.369 e. The van der Waals surface area contributed by atoms with Gasteiger partial charge in [-0.3, -0.25) is 14.5 Å². The first-order valence-corrected chi connectivity index (χ1v) is 7.50. The van der Waals surface area contributed by atoms with Gasteiger partial charge in [-0.2, -0.15) is 0 Å². The van der Waals surface area contributed by atoms with Crippen molar-refractivity contribution in [3.8, 4) is 0 Å². The van der Waals surface area contributed by atoms with Gasteiger partial charge in [0.1, 0.15) is 4.34 Å². The zero-order valence-electron chi connectivity index (χ0n) is 10.6. The maximum Gasteiger partial charge on any atom is 0.231 e. The first kappa shape index (κ1) is 16.4. The van der Waals surface area contributed by atoms with E-state index in [9.17, 15) is 9.59 Å². The predicted molar refractivity (Wildman–Crippen MR) is 79.2 cm³/mol. The molecular formula is C12H16Cl2N2O2S. The molecule has 0 aliphatic heterocycles. The summed E-state index contributed by atoms with van der Waals surface area (Å²) in [6.07, 6.45) is 1.88. The van der Waals surface area contributed by atoms with Crippen molar-refractivity contribution in [1.29, 1.82) is 0 Å². The fraction of sp³-hybridized carbons (Fsp3) is 0.500. The molecule has 0 radical (unpaired) electrons. The summed E-state index contributed by atoms with van der Waals surface area (Å²) in [5, 5.41) is 0. The largest absolute Gasteiger partial charge is 0.369 e. The molecule has 1 amide bonds. The number of unbranched alkanes of at least 4 members (excludes halogenated alkanes) is 1. The Bertz CT molecular complexity index is 463. The molecule has 1 aromatic heterocycles. The van der Waals surface area contributed by atoms with Crippen LogP contribution < -0.4 is 5.73 Å². The summed E-state index contributed by atoms with van der Waals surface area (Å²) >= 11 is 12.9. The normalized spacial score (nSPS) is 10.9. The summed E-state index contributed by atoms with van der Waals surface area (Å²) < 4.78 is 0.855. The van der Waals surface area contributed by atoms with Crippen LogP contribution >= 0.6 is 34.5 Å². The summed E-state index contributed by atoms with van der Waals surface area (Å²) in [5.74, 6) is -0.594. The quantitative estimate of drug-likeness (QED) is 0.748. The highest BCUT2D eigenvalue weighted by atomic mass is 35.5. The molecule has 2 N–H and O–H groups in total. The third-order valence-electron chi connectivity index (χ3n) is 2.53. The number of thiophene rings is 1. The van der Waals surface area contributed by atoms with Crippen LogP contribution in [0.1, 0.15) is 30.1 Å². The van der Waals surface area contributed by atoms with E-state index in [-0.39, 0.29) is 18.9 Å². The molecule has 0 aromatic carbocycles. The van der Waals surface area contributed by atoms with Gasteiger partial charge in [0, 0.05) is 0 Å². The topological polar surface area (TPSA) is 63.4 Å². The van der Waals surface area contributed by atoms with E-state index in [0.29, 0.717) is 20.8 Å². The molecule has 0 saturated carbocycles. The average Bonchev–Trinajstić information content (AvgIpc) is 2.64. The standard InChI is InChI=1S/C12H16Cl2N2O2S/c1-2-3-4-16(7-11(15)18)6-9(17)8-5-10(13)19-12(8)14/h5H,2-4,6-7H2,1H3,(H2,15,18). The highest BCUT2D eigenvalue weighted by Crippen LogP contribution is 2.31. The molecule has 1 aromatic rings. The SMILES string of the molecule is CCCCN(CC(N)=O)CC(=O)c1cc(Cl)sc1Cl. The lowest BCUT2D eigenvalue weighted by Crippen LogP contribution is -2.38. The van der Waals surface area contributed by atoms with Crippen LogP contribution in [0, 0.1) is 0 Å². The molecule has 0 atom stereocenters. The van der Waals surface area contributed by atoms with Gasteiger partial charge in [-0.15, -0.1) is 11.3 Å². The lowest BCUT2D eigenvalue weighted by atomic mass is 10.2. The number of amides is 1. The first-order chi connectivity index (χ1) is 8.93. The van der Waals surface area contributed by atoms with Crippen LogP contribution in [0.3, 0.4) is 0 Å². The summed E-state index contributed by atoms with van der Waals surface area (Å²) in [6, 6.07) is 1.55. The maximum absolute atomic E-state index is 12.1. The van der Waals surface area contributed by atoms with Crippen LogP contribution in [-0.2, 0) is 4.79 Å². The Morgan fingerprint density at radius 1 is 1.37 bits per heavy atom. The van der Waals surface area contributed by atoms with Gasteiger partial charge in [-0.25, -0.2) is 0 Å². The Balaban J connectivity index is 2.69. The van der Waals surface area contributed by atoms with Gasteiger partial charge in [-0.1, -0.05) is 36.5 Å². The van der Waals surface area contributed by atoms with E-state index in [1.807, 2.05) is 6.92 Å². The number of nitrogens with two attached hydrogens (primary N) is 1. The number of Topliss-reactive ketones (excluding diaryl/α,β-unsaturated/α-hetero) is 1. The lowest BCUT2D eigenvalue weighted by molar-refractivity contribution is -0.119. The van der Waals surface area contributed by atoms with Crippen LogP contribution in [0.25, 0.3) is 0 Å². The third-order valence-corrected chi connectivity index (χ3v) is 4.02. The molecule has 0 saturated heterocycles. The molecule has 0 unspecified atom stereocenters. The molecule has 0 bridgehead atoms. The van der Waals surface area contributed by atoms with Crippen molar-refractivity contribution >= 4 is 46.2 Å². The Morgan fingerprint density at radius 3 is 2.53 bits per heavy atom. The van der Waals surface area contributed by atoms with Gasteiger partial charge in [0.15, 0.2) is 5.78 Å². The van der Waals surface area contributed by atoms with Gasteiger partial charge in [0.05, 0.1) is 23.0 Å². The van der Waals surface area contributed by atoms with E-state index in [2.05, 4.69) is 0 Å². The Labute approximate surface area is 126 Å². The lowest BCUT2D eigenvalue weighted by Gasteiger charge is -2.19. The Morgan fingerprint density at radius 2 is 2.05 bits per heavy atom. The highest BCUT2D eigenvalue weighted by molar-refractivity contribution is 7.20. The van der Waals surface area contributed by atoms with Gasteiger partial charge in [0.2, 0.25) is 5.91 Å². The number of hydrogen-bond acceptors (Lipinski definition) is 4. The summed E-state index contributed by atoms with van der Waals surface area (Å²) in [6.45, 7) is 2.89. The second kappa shape index (κ2) is 7.85. The van der Waals surface area contributed by atoms with E-state index in [4.69, 9.17) is 28.9 Å². The van der Waals surface area contributed by atoms with Gasteiger partial charge in [0.25, 0.3) is 0 Å². The first-order valence-electron chi connectivity index (χ1n) is 5.92. The summed E-state index contributed by atoms with van der Waals surface area (Å²) in [5.41, 5.74) is 5.58. The van der Waals surface area contributed by atoms with E-state index in [1.54, 1.807) is 11.0 Å². The van der Waals surface area contributed by atoms with Crippen molar-refractivity contribution in [2.24, 2.45) is 5.73 Å². The zero-order valence-corrected chi connectivity index (χ0v) is 12.9. The number of carbonyl (C=O) groups is 2. The molecule has 1 rings (SSSR count). The number of primary amides is 1. The van der Waals surface area contributed by atoms with E-state index in [0.717, 1.165) is 24.2 Å².